The van der Waals surface area contributed by atoms with E-state index in [1.54, 1.807) is 12.1 Å². The third-order valence-corrected chi connectivity index (χ3v) is 3.88. The molecule has 6 heteroatoms. The number of carbonyl (C=O) groups excluding carboxylic acids is 2. The summed E-state index contributed by atoms with van der Waals surface area (Å²) in [5.41, 5.74) is 1.28. The Labute approximate surface area is 125 Å². The Balaban J connectivity index is 1.93. The molecule has 1 aliphatic heterocycles. The number of nitrogens with zero attached hydrogens (tertiary/aromatic N) is 3. The lowest BCUT2D eigenvalue weighted by Gasteiger charge is -2.21. The van der Waals surface area contributed by atoms with Crippen LogP contribution in [0, 0.1) is 0 Å². The first-order valence-electron chi connectivity index (χ1n) is 6.30. The van der Waals surface area contributed by atoms with Gasteiger partial charge in [-0.05, 0) is 12.1 Å². The second-order valence-corrected chi connectivity index (χ2v) is 5.27. The predicted molar refractivity (Wildman–Crippen MR) is 80.9 cm³/mol. The number of hydrogen-bond acceptors (Lipinski definition) is 5. The van der Waals surface area contributed by atoms with Crippen LogP contribution in [0.4, 0.5) is 0 Å². The van der Waals surface area contributed by atoms with Crippen LogP contribution in [0.1, 0.15) is 15.9 Å². The van der Waals surface area contributed by atoms with E-state index >= 15 is 0 Å². The van der Waals surface area contributed by atoms with Gasteiger partial charge in [-0.3, -0.25) is 14.6 Å². The van der Waals surface area contributed by atoms with Crippen molar-refractivity contribution in [2.24, 2.45) is 5.10 Å². The number of aromatic nitrogens is 1. The first-order chi connectivity index (χ1) is 10.3. The molecule has 0 radical (unpaired) electrons. The highest BCUT2D eigenvalue weighted by atomic mass is 32.2. The van der Waals surface area contributed by atoms with Gasteiger partial charge in [0.1, 0.15) is 5.04 Å². The molecule has 2 aromatic rings. The summed E-state index contributed by atoms with van der Waals surface area (Å²) in [6.07, 6.45) is 3.02. The van der Waals surface area contributed by atoms with Gasteiger partial charge in [-0.1, -0.05) is 42.1 Å². The molecule has 5 nitrogen and oxygen atoms in total. The van der Waals surface area contributed by atoms with Crippen molar-refractivity contribution < 1.29 is 9.59 Å². The van der Waals surface area contributed by atoms with Crippen molar-refractivity contribution in [3.05, 3.63) is 66.0 Å². The molecule has 104 valence electrons. The van der Waals surface area contributed by atoms with Crippen LogP contribution in [0.3, 0.4) is 0 Å². The molecule has 0 N–H and O–H groups in total. The maximum atomic E-state index is 12.3. The normalized spacial score (nSPS) is 14.8. The third kappa shape index (κ3) is 2.85. The van der Waals surface area contributed by atoms with Gasteiger partial charge in [0.2, 0.25) is 0 Å². The lowest BCUT2D eigenvalue weighted by Crippen LogP contribution is -2.37. The van der Waals surface area contributed by atoms with Gasteiger partial charge < -0.3 is 0 Å². The molecule has 2 heterocycles. The van der Waals surface area contributed by atoms with E-state index in [4.69, 9.17) is 0 Å². The van der Waals surface area contributed by atoms with Crippen molar-refractivity contribution in [3.8, 4) is 0 Å². The number of amides is 2. The Morgan fingerprint density at radius 1 is 1.10 bits per heavy atom. The van der Waals surface area contributed by atoms with E-state index < -0.39 is 5.91 Å². The fourth-order valence-electron chi connectivity index (χ4n) is 1.86. The molecule has 0 fully saturated rings. The molecule has 3 rings (SSSR count). The Bertz CT molecular complexity index is 701. The summed E-state index contributed by atoms with van der Waals surface area (Å²) in [5, 5.41) is 5.81. The molecule has 1 aromatic carbocycles. The molecular formula is C15H11N3O2S. The van der Waals surface area contributed by atoms with Crippen molar-refractivity contribution in [2.45, 2.75) is 0 Å². The van der Waals surface area contributed by atoms with Crippen LogP contribution in [0.2, 0.25) is 0 Å². The number of pyridine rings is 1. The number of hydrazone groups is 1. The molecule has 0 saturated heterocycles. The highest BCUT2D eigenvalue weighted by Gasteiger charge is 2.28. The summed E-state index contributed by atoms with van der Waals surface area (Å²) >= 11 is 1.33. The van der Waals surface area contributed by atoms with E-state index in [1.165, 1.54) is 24.2 Å². The Morgan fingerprint density at radius 2 is 1.81 bits per heavy atom. The average Bonchev–Trinajstić information content (AvgIpc) is 2.56. The predicted octanol–water partition coefficient (Wildman–Crippen LogP) is 2.16. The molecule has 1 aromatic heterocycles. The number of rotatable bonds is 2. The average molecular weight is 297 g/mol. The van der Waals surface area contributed by atoms with E-state index in [0.29, 0.717) is 10.6 Å². The lowest BCUT2D eigenvalue weighted by molar-refractivity contribution is -0.126. The molecular weight excluding hydrogens is 286 g/mol. The van der Waals surface area contributed by atoms with Gasteiger partial charge in [-0.15, -0.1) is 0 Å². The summed E-state index contributed by atoms with van der Waals surface area (Å²) in [4.78, 5) is 28.2. The summed E-state index contributed by atoms with van der Waals surface area (Å²) in [6.45, 7) is 0. The minimum absolute atomic E-state index is 0.199. The Kier molecular flexibility index (Phi) is 3.79. The van der Waals surface area contributed by atoms with E-state index in [1.807, 2.05) is 30.3 Å². The Morgan fingerprint density at radius 3 is 2.52 bits per heavy atom. The number of thioether (sulfide) groups is 1. The van der Waals surface area contributed by atoms with Crippen LogP contribution < -0.4 is 0 Å². The van der Waals surface area contributed by atoms with Crippen LogP contribution in [0.15, 0.2) is 60.0 Å². The highest BCUT2D eigenvalue weighted by Crippen LogP contribution is 2.21. The van der Waals surface area contributed by atoms with E-state index in [0.717, 1.165) is 10.6 Å². The second kappa shape index (κ2) is 5.88. The van der Waals surface area contributed by atoms with Crippen molar-refractivity contribution in [1.82, 2.24) is 9.99 Å². The van der Waals surface area contributed by atoms with Crippen LogP contribution in [0.25, 0.3) is 0 Å². The number of benzene rings is 1. The van der Waals surface area contributed by atoms with Crippen LogP contribution >= 0.6 is 11.8 Å². The fraction of sp³-hybridized carbons (Fsp3) is 0.0667. The summed E-state index contributed by atoms with van der Waals surface area (Å²) in [6, 6.07) is 12.6. The second-order valence-electron chi connectivity index (χ2n) is 4.31. The first kappa shape index (κ1) is 13.5. The maximum Gasteiger partial charge on any atom is 0.281 e. The van der Waals surface area contributed by atoms with Gasteiger partial charge in [0.25, 0.3) is 11.8 Å². The van der Waals surface area contributed by atoms with Gasteiger partial charge in [0, 0.05) is 23.5 Å². The molecule has 0 spiro atoms. The molecule has 0 bridgehead atoms. The van der Waals surface area contributed by atoms with Gasteiger partial charge in [0.15, 0.2) is 0 Å². The molecule has 0 aliphatic carbocycles. The lowest BCUT2D eigenvalue weighted by atomic mass is 10.2. The monoisotopic (exact) mass is 297 g/mol. The first-order valence-corrected chi connectivity index (χ1v) is 7.28. The van der Waals surface area contributed by atoms with E-state index in [2.05, 4.69) is 10.1 Å². The smallest absolute Gasteiger partial charge is 0.271 e. The van der Waals surface area contributed by atoms with Crippen molar-refractivity contribution in [1.29, 1.82) is 0 Å². The van der Waals surface area contributed by atoms with Crippen molar-refractivity contribution >= 4 is 28.6 Å². The standard InChI is InChI=1S/C15H11N3O2S/c19-13-10-21-14(11-4-2-1-3-5-11)17-18(13)15(20)12-6-8-16-9-7-12/h1-9H,10H2. The minimum Gasteiger partial charge on any atom is -0.271 e. The van der Waals surface area contributed by atoms with Crippen LogP contribution in [-0.4, -0.2) is 32.6 Å². The van der Waals surface area contributed by atoms with Crippen molar-refractivity contribution in [2.75, 3.05) is 5.75 Å². The largest absolute Gasteiger partial charge is 0.281 e. The number of imide groups is 1. The van der Waals surface area contributed by atoms with Crippen molar-refractivity contribution in [3.63, 3.8) is 0 Å². The molecule has 0 atom stereocenters. The zero-order chi connectivity index (χ0) is 14.7. The maximum absolute atomic E-state index is 12.3. The summed E-state index contributed by atoms with van der Waals surface area (Å²) < 4.78 is 0. The fourth-order valence-corrected chi connectivity index (χ4v) is 2.69. The molecule has 21 heavy (non-hydrogen) atoms. The van der Waals surface area contributed by atoms with Gasteiger partial charge >= 0.3 is 0 Å². The number of hydrogen-bond donors (Lipinski definition) is 0. The van der Waals surface area contributed by atoms with Gasteiger partial charge in [-0.25, -0.2) is 0 Å². The topological polar surface area (TPSA) is 62.6 Å². The zero-order valence-corrected chi connectivity index (χ0v) is 11.8. The molecule has 0 unspecified atom stereocenters. The third-order valence-electron chi connectivity index (χ3n) is 2.90. The highest BCUT2D eigenvalue weighted by molar-refractivity contribution is 8.15. The minimum atomic E-state index is -0.434. The zero-order valence-electron chi connectivity index (χ0n) is 11.0. The molecule has 0 saturated carbocycles. The van der Waals surface area contributed by atoms with E-state index in [-0.39, 0.29) is 11.7 Å². The SMILES string of the molecule is O=C1CSC(c2ccccc2)=NN1C(=O)c1ccncc1. The Hall–Kier alpha value is -2.47. The summed E-state index contributed by atoms with van der Waals surface area (Å²) in [7, 11) is 0. The molecule has 1 aliphatic rings. The van der Waals surface area contributed by atoms with Gasteiger partial charge in [-0.2, -0.15) is 10.1 Å². The molecule has 2 amide bonds. The summed E-state index contributed by atoms with van der Waals surface area (Å²) in [5.74, 6) is -0.553. The quantitative estimate of drug-likeness (QED) is 0.797. The van der Waals surface area contributed by atoms with Gasteiger partial charge in [0.05, 0.1) is 5.75 Å². The van der Waals surface area contributed by atoms with Crippen LogP contribution in [0.5, 0.6) is 0 Å². The van der Waals surface area contributed by atoms with E-state index in [9.17, 15) is 9.59 Å². The number of carbonyl (C=O) groups is 2. The van der Waals surface area contributed by atoms with Crippen LogP contribution in [-0.2, 0) is 4.79 Å².